The molecule has 0 unspecified atom stereocenters. The number of hydrogen-bond acceptors (Lipinski definition) is 4. The molecule has 0 saturated heterocycles. The summed E-state index contributed by atoms with van der Waals surface area (Å²) >= 11 is 0. The summed E-state index contributed by atoms with van der Waals surface area (Å²) in [5, 5.41) is 11.7. The highest BCUT2D eigenvalue weighted by Gasteiger charge is 2.25. The number of benzene rings is 1. The van der Waals surface area contributed by atoms with Gasteiger partial charge in [0.05, 0.1) is 0 Å². The maximum atomic E-state index is 12.3. The molecule has 1 amide bonds. The molecule has 1 heterocycles. The molecule has 0 fully saturated rings. The van der Waals surface area contributed by atoms with E-state index < -0.39 is 17.9 Å². The number of aliphatic carboxylic acids is 1. The molecule has 0 aliphatic rings. The molecule has 2 aromatic rings. The van der Waals surface area contributed by atoms with E-state index in [9.17, 15) is 14.7 Å². The number of carboxylic acid groups (broad SMARTS) is 1. The van der Waals surface area contributed by atoms with E-state index in [-0.39, 0.29) is 11.6 Å². The highest BCUT2D eigenvalue weighted by Crippen LogP contribution is 2.21. The Labute approximate surface area is 134 Å². The lowest BCUT2D eigenvalue weighted by Gasteiger charge is -2.15. The molecule has 0 saturated carbocycles. The monoisotopic (exact) mass is 316 g/mol. The SMILES string of the molecule is Cc1oc(-c2ccccc2)nc1C(=O)N[C@H](CC(C)C)C(=O)O. The van der Waals surface area contributed by atoms with Gasteiger partial charge in [-0.3, -0.25) is 4.79 Å². The third-order valence-electron chi connectivity index (χ3n) is 3.34. The molecule has 1 aromatic carbocycles. The molecular weight excluding hydrogens is 296 g/mol. The molecule has 2 N–H and O–H groups in total. The molecule has 0 aliphatic carbocycles. The quantitative estimate of drug-likeness (QED) is 0.855. The summed E-state index contributed by atoms with van der Waals surface area (Å²) in [7, 11) is 0. The predicted octanol–water partition coefficient (Wildman–Crippen LogP) is 2.88. The summed E-state index contributed by atoms with van der Waals surface area (Å²) < 4.78 is 5.53. The Morgan fingerprint density at radius 2 is 1.91 bits per heavy atom. The summed E-state index contributed by atoms with van der Waals surface area (Å²) in [6, 6.07) is 8.27. The molecule has 23 heavy (non-hydrogen) atoms. The fraction of sp³-hybridized carbons (Fsp3) is 0.353. The maximum Gasteiger partial charge on any atom is 0.326 e. The van der Waals surface area contributed by atoms with E-state index in [1.54, 1.807) is 6.92 Å². The maximum absolute atomic E-state index is 12.3. The van der Waals surface area contributed by atoms with Crippen LogP contribution < -0.4 is 5.32 Å². The number of carboxylic acids is 1. The zero-order valence-corrected chi connectivity index (χ0v) is 13.4. The van der Waals surface area contributed by atoms with Crippen molar-refractivity contribution in [3.05, 3.63) is 41.8 Å². The van der Waals surface area contributed by atoms with Crippen molar-refractivity contribution in [2.24, 2.45) is 5.92 Å². The van der Waals surface area contributed by atoms with Crippen molar-refractivity contribution >= 4 is 11.9 Å². The standard InChI is InChI=1S/C17H20N2O4/c1-10(2)9-13(17(21)22)18-15(20)14-11(3)23-16(19-14)12-7-5-4-6-8-12/h4-8,10,13H,9H2,1-3H3,(H,18,20)(H,21,22)/t13-/m1/s1. The van der Waals surface area contributed by atoms with Crippen LogP contribution in [0.4, 0.5) is 0 Å². The molecular formula is C17H20N2O4. The summed E-state index contributed by atoms with van der Waals surface area (Å²) in [4.78, 5) is 27.8. The van der Waals surface area contributed by atoms with Crippen molar-refractivity contribution in [2.75, 3.05) is 0 Å². The molecule has 6 heteroatoms. The van der Waals surface area contributed by atoms with E-state index in [1.807, 2.05) is 44.2 Å². The normalized spacial score (nSPS) is 12.2. The van der Waals surface area contributed by atoms with Crippen LogP contribution in [0.2, 0.25) is 0 Å². The Morgan fingerprint density at radius 1 is 1.26 bits per heavy atom. The van der Waals surface area contributed by atoms with Crippen LogP contribution >= 0.6 is 0 Å². The van der Waals surface area contributed by atoms with Crippen molar-refractivity contribution < 1.29 is 19.1 Å². The highest BCUT2D eigenvalue weighted by atomic mass is 16.4. The van der Waals surface area contributed by atoms with Gasteiger partial charge in [0.25, 0.3) is 5.91 Å². The van der Waals surface area contributed by atoms with Crippen molar-refractivity contribution in [1.29, 1.82) is 0 Å². The molecule has 0 radical (unpaired) electrons. The molecule has 1 atom stereocenters. The van der Waals surface area contributed by atoms with E-state index in [0.29, 0.717) is 18.1 Å². The minimum Gasteiger partial charge on any atom is -0.480 e. The number of amides is 1. The molecule has 0 bridgehead atoms. The number of nitrogens with zero attached hydrogens (tertiary/aromatic N) is 1. The first kappa shape index (κ1) is 16.7. The van der Waals surface area contributed by atoms with Crippen LogP contribution in [0.15, 0.2) is 34.7 Å². The van der Waals surface area contributed by atoms with E-state index in [1.165, 1.54) is 0 Å². The van der Waals surface area contributed by atoms with Gasteiger partial charge in [-0.1, -0.05) is 32.0 Å². The van der Waals surface area contributed by atoms with E-state index in [0.717, 1.165) is 5.56 Å². The third kappa shape index (κ3) is 4.18. The predicted molar refractivity (Wildman–Crippen MR) is 85.0 cm³/mol. The van der Waals surface area contributed by atoms with Crippen LogP contribution in [0.5, 0.6) is 0 Å². The number of hydrogen-bond donors (Lipinski definition) is 2. The summed E-state index contributed by atoms with van der Waals surface area (Å²) in [6.45, 7) is 5.43. The first-order valence-electron chi connectivity index (χ1n) is 7.45. The number of carbonyl (C=O) groups is 2. The summed E-state index contributed by atoms with van der Waals surface area (Å²) in [5.74, 6) is -0.758. The van der Waals surface area contributed by atoms with Crippen molar-refractivity contribution in [2.45, 2.75) is 33.2 Å². The lowest BCUT2D eigenvalue weighted by molar-refractivity contribution is -0.139. The van der Waals surface area contributed by atoms with Crippen LogP contribution in [0.1, 0.15) is 36.5 Å². The highest BCUT2D eigenvalue weighted by molar-refractivity contribution is 5.96. The van der Waals surface area contributed by atoms with Gasteiger partial charge in [-0.05, 0) is 31.4 Å². The first-order valence-corrected chi connectivity index (χ1v) is 7.45. The molecule has 6 nitrogen and oxygen atoms in total. The Balaban J connectivity index is 2.19. The van der Waals surface area contributed by atoms with E-state index in [4.69, 9.17) is 4.42 Å². The average Bonchev–Trinajstić information content (AvgIpc) is 2.89. The summed E-state index contributed by atoms with van der Waals surface area (Å²) in [5.41, 5.74) is 0.866. The Hall–Kier alpha value is -2.63. The van der Waals surface area contributed by atoms with Crippen LogP contribution in [-0.4, -0.2) is 28.0 Å². The zero-order chi connectivity index (χ0) is 17.0. The minimum absolute atomic E-state index is 0.110. The number of aromatic nitrogens is 1. The molecule has 0 aliphatic heterocycles. The molecule has 0 spiro atoms. The van der Waals surface area contributed by atoms with Crippen molar-refractivity contribution in [3.8, 4) is 11.5 Å². The largest absolute Gasteiger partial charge is 0.480 e. The van der Waals surface area contributed by atoms with Crippen LogP contribution in [0.3, 0.4) is 0 Å². The third-order valence-corrected chi connectivity index (χ3v) is 3.34. The Morgan fingerprint density at radius 3 is 2.48 bits per heavy atom. The van der Waals surface area contributed by atoms with Gasteiger partial charge in [-0.2, -0.15) is 0 Å². The van der Waals surface area contributed by atoms with Gasteiger partial charge in [0.2, 0.25) is 5.89 Å². The zero-order valence-electron chi connectivity index (χ0n) is 13.4. The Kier molecular flexibility index (Phi) is 5.16. The van der Waals surface area contributed by atoms with E-state index in [2.05, 4.69) is 10.3 Å². The van der Waals surface area contributed by atoms with Crippen LogP contribution in [0, 0.1) is 12.8 Å². The number of oxazole rings is 1. The summed E-state index contributed by atoms with van der Waals surface area (Å²) in [6.07, 6.45) is 0.351. The molecule has 122 valence electrons. The van der Waals surface area contributed by atoms with Gasteiger partial charge >= 0.3 is 5.97 Å². The lowest BCUT2D eigenvalue weighted by Crippen LogP contribution is -2.42. The number of aryl methyl sites for hydroxylation is 1. The fourth-order valence-corrected chi connectivity index (χ4v) is 2.23. The topological polar surface area (TPSA) is 92.4 Å². The van der Waals surface area contributed by atoms with Crippen molar-refractivity contribution in [3.63, 3.8) is 0 Å². The van der Waals surface area contributed by atoms with Crippen molar-refractivity contribution in [1.82, 2.24) is 10.3 Å². The first-order chi connectivity index (χ1) is 10.9. The Bertz CT molecular complexity index is 692. The smallest absolute Gasteiger partial charge is 0.326 e. The average molecular weight is 316 g/mol. The minimum atomic E-state index is -1.06. The second-order valence-corrected chi connectivity index (χ2v) is 5.78. The number of nitrogens with one attached hydrogen (secondary N) is 1. The van der Waals surface area contributed by atoms with Gasteiger partial charge in [-0.15, -0.1) is 0 Å². The van der Waals surface area contributed by atoms with E-state index >= 15 is 0 Å². The van der Waals surface area contributed by atoms with Gasteiger partial charge < -0.3 is 14.8 Å². The fourth-order valence-electron chi connectivity index (χ4n) is 2.23. The molecule has 2 rings (SSSR count). The van der Waals surface area contributed by atoms with Crippen LogP contribution in [-0.2, 0) is 4.79 Å². The van der Waals surface area contributed by atoms with Gasteiger partial charge in [0, 0.05) is 5.56 Å². The second-order valence-electron chi connectivity index (χ2n) is 5.78. The second kappa shape index (κ2) is 7.09. The lowest BCUT2D eigenvalue weighted by atomic mass is 10.0. The van der Waals surface area contributed by atoms with Gasteiger partial charge in [-0.25, -0.2) is 9.78 Å². The van der Waals surface area contributed by atoms with Gasteiger partial charge in [0.1, 0.15) is 11.8 Å². The van der Waals surface area contributed by atoms with Crippen LogP contribution in [0.25, 0.3) is 11.5 Å². The number of carbonyl (C=O) groups excluding carboxylic acids is 1. The number of rotatable bonds is 6. The van der Waals surface area contributed by atoms with Gasteiger partial charge in [0.15, 0.2) is 5.69 Å². The molecule has 1 aromatic heterocycles.